The zero-order valence-electron chi connectivity index (χ0n) is 15.4. The first-order chi connectivity index (χ1) is 13.0. The molecule has 0 aliphatic carbocycles. The van der Waals surface area contributed by atoms with E-state index in [1.54, 1.807) is 56.5 Å². The Morgan fingerprint density at radius 2 is 1.78 bits per heavy atom. The minimum Gasteiger partial charge on any atom is -0.492 e. The average molecular weight is 392 g/mol. The van der Waals surface area contributed by atoms with Crippen LogP contribution in [0.5, 0.6) is 5.75 Å². The molecule has 0 fully saturated rings. The van der Waals surface area contributed by atoms with Crippen molar-refractivity contribution in [3.8, 4) is 5.75 Å². The third-order valence-corrected chi connectivity index (χ3v) is 5.06. The number of ether oxygens (including phenoxy) is 2. The molecule has 27 heavy (non-hydrogen) atoms. The fourth-order valence-corrected chi connectivity index (χ4v) is 3.59. The molecule has 0 saturated carbocycles. The first-order valence-corrected chi connectivity index (χ1v) is 10.0. The smallest absolute Gasteiger partial charge is 0.265 e. The highest BCUT2D eigenvalue weighted by atomic mass is 32.2. The Kier molecular flexibility index (Phi) is 7.63. The number of anilines is 1. The van der Waals surface area contributed by atoms with Gasteiger partial charge in [-0.2, -0.15) is 0 Å². The third-order valence-electron chi connectivity index (χ3n) is 3.64. The maximum Gasteiger partial charge on any atom is 0.265 e. The summed E-state index contributed by atoms with van der Waals surface area (Å²) in [7, 11) is -2.22. The lowest BCUT2D eigenvalue weighted by atomic mass is 10.1. The molecule has 0 atom stereocenters. The number of carbonyl (C=O) groups is 1. The van der Waals surface area contributed by atoms with Gasteiger partial charge in [0.15, 0.2) is 0 Å². The molecule has 1 amide bonds. The summed E-state index contributed by atoms with van der Waals surface area (Å²) in [6.07, 6.45) is 0.212. The van der Waals surface area contributed by atoms with Crippen molar-refractivity contribution >= 4 is 21.6 Å². The Morgan fingerprint density at radius 3 is 2.44 bits per heavy atom. The summed E-state index contributed by atoms with van der Waals surface area (Å²) >= 11 is 0. The second kappa shape index (κ2) is 9.94. The van der Waals surface area contributed by atoms with E-state index < -0.39 is 10.0 Å². The maximum atomic E-state index is 12.6. The lowest BCUT2D eigenvalue weighted by Gasteiger charge is -2.12. The molecule has 0 bridgehead atoms. The number of para-hydroxylation sites is 1. The van der Waals surface area contributed by atoms with Crippen molar-refractivity contribution in [3.63, 3.8) is 0 Å². The SMILES string of the molecule is CCOc1ccccc1S(=O)(=O)Nc1ccc(CC(=O)NCCOC)cc1. The molecule has 0 spiro atoms. The predicted molar refractivity (Wildman–Crippen MR) is 103 cm³/mol. The van der Waals surface area contributed by atoms with Crippen LogP contribution in [0.15, 0.2) is 53.4 Å². The molecular weight excluding hydrogens is 368 g/mol. The van der Waals surface area contributed by atoms with Crippen molar-refractivity contribution in [2.24, 2.45) is 0 Å². The predicted octanol–water partition coefficient (Wildman–Crippen LogP) is 2.19. The van der Waals surface area contributed by atoms with Gasteiger partial charge in [-0.1, -0.05) is 24.3 Å². The van der Waals surface area contributed by atoms with Crippen LogP contribution in [0, 0.1) is 0 Å². The highest BCUT2D eigenvalue weighted by Crippen LogP contribution is 2.25. The van der Waals surface area contributed by atoms with Crippen LogP contribution in [0.25, 0.3) is 0 Å². The summed E-state index contributed by atoms with van der Waals surface area (Å²) in [6.45, 7) is 3.07. The Hall–Kier alpha value is -2.58. The fourth-order valence-electron chi connectivity index (χ4n) is 2.39. The van der Waals surface area contributed by atoms with Crippen molar-refractivity contribution in [2.45, 2.75) is 18.2 Å². The first kappa shape index (κ1) is 20.7. The number of rotatable bonds is 10. The molecular formula is C19H24N2O5S. The largest absolute Gasteiger partial charge is 0.492 e. The lowest BCUT2D eigenvalue weighted by Crippen LogP contribution is -2.28. The third kappa shape index (κ3) is 6.26. The molecule has 0 saturated heterocycles. The molecule has 2 aromatic carbocycles. The van der Waals surface area contributed by atoms with Crippen LogP contribution < -0.4 is 14.8 Å². The van der Waals surface area contributed by atoms with E-state index >= 15 is 0 Å². The summed E-state index contributed by atoms with van der Waals surface area (Å²) < 4.78 is 38.1. The zero-order valence-corrected chi connectivity index (χ0v) is 16.2. The Balaban J connectivity index is 2.04. The monoisotopic (exact) mass is 392 g/mol. The molecule has 2 rings (SSSR count). The van der Waals surface area contributed by atoms with Gasteiger partial charge in [-0.05, 0) is 36.8 Å². The van der Waals surface area contributed by atoms with Gasteiger partial charge >= 0.3 is 0 Å². The lowest BCUT2D eigenvalue weighted by molar-refractivity contribution is -0.120. The van der Waals surface area contributed by atoms with Crippen LogP contribution >= 0.6 is 0 Å². The molecule has 0 aliphatic rings. The van der Waals surface area contributed by atoms with Crippen molar-refractivity contribution < 1.29 is 22.7 Å². The standard InChI is InChI=1S/C19H24N2O5S/c1-3-26-17-6-4-5-7-18(17)27(23,24)21-16-10-8-15(9-11-16)14-19(22)20-12-13-25-2/h4-11,21H,3,12-14H2,1-2H3,(H,20,22). The molecule has 7 nitrogen and oxygen atoms in total. The second-order valence-corrected chi connectivity index (χ2v) is 7.35. The number of methoxy groups -OCH3 is 1. The van der Waals surface area contributed by atoms with Crippen molar-refractivity contribution in [1.29, 1.82) is 0 Å². The van der Waals surface area contributed by atoms with Crippen LogP contribution in [-0.2, 0) is 26.0 Å². The van der Waals surface area contributed by atoms with Gasteiger partial charge < -0.3 is 14.8 Å². The summed E-state index contributed by atoms with van der Waals surface area (Å²) in [6, 6.07) is 13.1. The summed E-state index contributed by atoms with van der Waals surface area (Å²) in [5.41, 5.74) is 1.19. The van der Waals surface area contributed by atoms with E-state index in [4.69, 9.17) is 9.47 Å². The minimum absolute atomic E-state index is 0.0773. The summed E-state index contributed by atoms with van der Waals surface area (Å²) in [4.78, 5) is 11.9. The van der Waals surface area contributed by atoms with Crippen LogP contribution in [0.1, 0.15) is 12.5 Å². The van der Waals surface area contributed by atoms with E-state index in [1.807, 2.05) is 0 Å². The highest BCUT2D eigenvalue weighted by molar-refractivity contribution is 7.92. The highest BCUT2D eigenvalue weighted by Gasteiger charge is 2.19. The number of hydrogen-bond acceptors (Lipinski definition) is 5. The minimum atomic E-state index is -3.79. The normalized spacial score (nSPS) is 11.0. The zero-order chi connectivity index (χ0) is 19.7. The molecule has 0 radical (unpaired) electrons. The Bertz CT molecular complexity index is 851. The fraction of sp³-hybridized carbons (Fsp3) is 0.316. The van der Waals surface area contributed by atoms with E-state index in [9.17, 15) is 13.2 Å². The number of amides is 1. The molecule has 0 aromatic heterocycles. The molecule has 0 aliphatic heterocycles. The van der Waals surface area contributed by atoms with Crippen molar-refractivity contribution in [3.05, 3.63) is 54.1 Å². The molecule has 146 valence electrons. The summed E-state index contributed by atoms with van der Waals surface area (Å²) in [5, 5.41) is 2.74. The van der Waals surface area contributed by atoms with Gasteiger partial charge in [0.05, 0.1) is 19.6 Å². The number of sulfonamides is 1. The molecule has 0 unspecified atom stereocenters. The van der Waals surface area contributed by atoms with Crippen molar-refractivity contribution in [1.82, 2.24) is 5.32 Å². The van der Waals surface area contributed by atoms with Gasteiger partial charge in [-0.25, -0.2) is 8.42 Å². The maximum absolute atomic E-state index is 12.6. The number of nitrogens with one attached hydrogen (secondary N) is 2. The number of carbonyl (C=O) groups excluding carboxylic acids is 1. The van der Waals surface area contributed by atoms with E-state index in [-0.39, 0.29) is 17.2 Å². The Labute approximate surface area is 159 Å². The number of hydrogen-bond donors (Lipinski definition) is 2. The van der Waals surface area contributed by atoms with E-state index in [0.29, 0.717) is 31.2 Å². The van der Waals surface area contributed by atoms with Gasteiger partial charge in [0.25, 0.3) is 10.0 Å². The van der Waals surface area contributed by atoms with Crippen molar-refractivity contribution in [2.75, 3.05) is 31.6 Å². The van der Waals surface area contributed by atoms with E-state index in [1.165, 1.54) is 6.07 Å². The Morgan fingerprint density at radius 1 is 1.07 bits per heavy atom. The molecule has 2 aromatic rings. The van der Waals surface area contributed by atoms with Gasteiger partial charge in [-0.3, -0.25) is 9.52 Å². The summed E-state index contributed by atoms with van der Waals surface area (Å²) in [5.74, 6) is 0.183. The molecule has 2 N–H and O–H groups in total. The van der Waals surface area contributed by atoms with E-state index in [2.05, 4.69) is 10.0 Å². The van der Waals surface area contributed by atoms with Crippen LogP contribution in [0.3, 0.4) is 0 Å². The van der Waals surface area contributed by atoms with Crippen LogP contribution in [-0.4, -0.2) is 41.2 Å². The van der Waals surface area contributed by atoms with Gasteiger partial charge in [0.1, 0.15) is 10.6 Å². The van der Waals surface area contributed by atoms with Gasteiger partial charge in [-0.15, -0.1) is 0 Å². The first-order valence-electron chi connectivity index (χ1n) is 8.55. The van der Waals surface area contributed by atoms with Crippen LogP contribution in [0.4, 0.5) is 5.69 Å². The van der Waals surface area contributed by atoms with Gasteiger partial charge in [0, 0.05) is 19.3 Å². The van der Waals surface area contributed by atoms with Gasteiger partial charge in [0.2, 0.25) is 5.91 Å². The second-order valence-electron chi connectivity index (χ2n) is 5.70. The molecule has 8 heteroatoms. The quantitative estimate of drug-likeness (QED) is 0.605. The van der Waals surface area contributed by atoms with E-state index in [0.717, 1.165) is 5.56 Å². The number of benzene rings is 2. The topological polar surface area (TPSA) is 93.7 Å². The average Bonchev–Trinajstić information content (AvgIpc) is 2.64. The van der Waals surface area contributed by atoms with Crippen LogP contribution in [0.2, 0.25) is 0 Å². The molecule has 0 heterocycles.